The lowest BCUT2D eigenvalue weighted by molar-refractivity contribution is 0.0946. The topological polar surface area (TPSA) is 59.4 Å². The Morgan fingerprint density at radius 2 is 2.44 bits per heavy atom. The summed E-state index contributed by atoms with van der Waals surface area (Å²) >= 11 is 0. The monoisotopic (exact) mass is 252 g/mol. The van der Waals surface area contributed by atoms with Gasteiger partial charge in [0.05, 0.1) is 6.61 Å². The van der Waals surface area contributed by atoms with Crippen LogP contribution in [0, 0.1) is 0 Å². The van der Waals surface area contributed by atoms with Gasteiger partial charge in [-0.2, -0.15) is 5.10 Å². The molecule has 6 nitrogen and oxygen atoms in total. The Labute approximate surface area is 107 Å². The van der Waals surface area contributed by atoms with Gasteiger partial charge in [-0.05, 0) is 27.1 Å². The average Bonchev–Trinajstić information content (AvgIpc) is 2.78. The summed E-state index contributed by atoms with van der Waals surface area (Å²) in [5.41, 5.74) is 0.441. The van der Waals surface area contributed by atoms with E-state index in [1.54, 1.807) is 10.7 Å². The van der Waals surface area contributed by atoms with Crippen molar-refractivity contribution < 1.29 is 9.53 Å². The first kappa shape index (κ1) is 12.9. The Morgan fingerprint density at radius 3 is 3.17 bits per heavy atom. The third-order valence-electron chi connectivity index (χ3n) is 2.81. The molecule has 0 atom stereocenters. The van der Waals surface area contributed by atoms with Crippen molar-refractivity contribution in [3.05, 3.63) is 11.8 Å². The Bertz CT molecular complexity index is 391. The molecule has 0 bridgehead atoms. The SMILES string of the molecule is CN(C)CCCNC(=O)c1cc2n(n1)CCCO2. The maximum absolute atomic E-state index is 11.9. The summed E-state index contributed by atoms with van der Waals surface area (Å²) in [5, 5.41) is 7.10. The van der Waals surface area contributed by atoms with Crippen LogP contribution >= 0.6 is 0 Å². The number of carbonyl (C=O) groups excluding carboxylic acids is 1. The van der Waals surface area contributed by atoms with Crippen LogP contribution in [0.3, 0.4) is 0 Å². The quantitative estimate of drug-likeness (QED) is 0.768. The van der Waals surface area contributed by atoms with Gasteiger partial charge in [-0.15, -0.1) is 0 Å². The number of aromatic nitrogens is 2. The number of nitrogens with one attached hydrogen (secondary N) is 1. The molecule has 0 fully saturated rings. The molecule has 1 aliphatic rings. The fraction of sp³-hybridized carbons (Fsp3) is 0.667. The van der Waals surface area contributed by atoms with Crippen LogP contribution in [0.1, 0.15) is 23.3 Å². The van der Waals surface area contributed by atoms with Crippen molar-refractivity contribution >= 4 is 5.91 Å². The molecule has 6 heteroatoms. The molecule has 0 saturated heterocycles. The zero-order valence-electron chi connectivity index (χ0n) is 11.0. The summed E-state index contributed by atoms with van der Waals surface area (Å²) in [5.74, 6) is 0.568. The number of hydrogen-bond acceptors (Lipinski definition) is 4. The number of hydrogen-bond donors (Lipinski definition) is 1. The van der Waals surface area contributed by atoms with Crippen LogP contribution in [0.25, 0.3) is 0 Å². The van der Waals surface area contributed by atoms with Crippen LogP contribution in [0.4, 0.5) is 0 Å². The van der Waals surface area contributed by atoms with E-state index in [0.717, 1.165) is 25.9 Å². The zero-order valence-corrected chi connectivity index (χ0v) is 11.0. The summed E-state index contributed by atoms with van der Waals surface area (Å²) in [6, 6.07) is 1.71. The Hall–Kier alpha value is -1.56. The lowest BCUT2D eigenvalue weighted by Gasteiger charge is -2.13. The molecule has 0 unspecified atom stereocenters. The van der Waals surface area contributed by atoms with Crippen molar-refractivity contribution in [2.75, 3.05) is 33.8 Å². The number of nitrogens with zero attached hydrogens (tertiary/aromatic N) is 3. The number of rotatable bonds is 5. The smallest absolute Gasteiger partial charge is 0.271 e. The van der Waals surface area contributed by atoms with E-state index in [1.165, 1.54) is 0 Å². The normalized spacial score (nSPS) is 14.2. The van der Waals surface area contributed by atoms with Gasteiger partial charge in [0.15, 0.2) is 5.69 Å². The van der Waals surface area contributed by atoms with Gasteiger partial charge in [-0.25, -0.2) is 4.68 Å². The Kier molecular flexibility index (Phi) is 4.19. The zero-order chi connectivity index (χ0) is 13.0. The van der Waals surface area contributed by atoms with Crippen molar-refractivity contribution in [3.63, 3.8) is 0 Å². The average molecular weight is 252 g/mol. The molecule has 2 heterocycles. The number of aryl methyl sites for hydroxylation is 1. The van der Waals surface area contributed by atoms with Crippen molar-refractivity contribution in [1.82, 2.24) is 20.0 Å². The molecule has 0 spiro atoms. The van der Waals surface area contributed by atoms with E-state index in [1.807, 2.05) is 14.1 Å². The van der Waals surface area contributed by atoms with E-state index in [0.29, 0.717) is 24.7 Å². The highest BCUT2D eigenvalue weighted by Gasteiger charge is 2.17. The summed E-state index contributed by atoms with van der Waals surface area (Å²) in [7, 11) is 4.03. The Balaban J connectivity index is 1.83. The molecule has 0 aliphatic carbocycles. The minimum Gasteiger partial charge on any atom is -0.478 e. The molecule has 1 aliphatic heterocycles. The second-order valence-electron chi connectivity index (χ2n) is 4.71. The highest BCUT2D eigenvalue weighted by molar-refractivity contribution is 5.92. The fourth-order valence-corrected chi connectivity index (χ4v) is 1.87. The molecule has 1 N–H and O–H groups in total. The lowest BCUT2D eigenvalue weighted by Crippen LogP contribution is -2.27. The molecule has 1 aromatic heterocycles. The summed E-state index contributed by atoms with van der Waals surface area (Å²) in [4.78, 5) is 13.9. The molecule has 18 heavy (non-hydrogen) atoms. The molecule has 1 aromatic rings. The predicted molar refractivity (Wildman–Crippen MR) is 67.8 cm³/mol. The van der Waals surface area contributed by atoms with Gasteiger partial charge >= 0.3 is 0 Å². The largest absolute Gasteiger partial charge is 0.478 e. The van der Waals surface area contributed by atoms with E-state index in [-0.39, 0.29) is 5.91 Å². The third-order valence-corrected chi connectivity index (χ3v) is 2.81. The lowest BCUT2D eigenvalue weighted by atomic mass is 10.3. The maximum Gasteiger partial charge on any atom is 0.271 e. The summed E-state index contributed by atoms with van der Waals surface area (Å²) in [6.45, 7) is 3.15. The van der Waals surface area contributed by atoms with Crippen molar-refractivity contribution in [2.45, 2.75) is 19.4 Å². The molecule has 0 aromatic carbocycles. The van der Waals surface area contributed by atoms with Crippen molar-refractivity contribution in [3.8, 4) is 5.88 Å². The van der Waals surface area contributed by atoms with Crippen LogP contribution in [-0.2, 0) is 6.54 Å². The van der Waals surface area contributed by atoms with Crippen molar-refractivity contribution in [2.24, 2.45) is 0 Å². The summed E-state index contributed by atoms with van der Waals surface area (Å²) < 4.78 is 7.17. The highest BCUT2D eigenvalue weighted by Crippen LogP contribution is 2.18. The first-order valence-electron chi connectivity index (χ1n) is 6.30. The van der Waals surface area contributed by atoms with Crippen LogP contribution < -0.4 is 10.1 Å². The van der Waals surface area contributed by atoms with Gasteiger partial charge in [0.2, 0.25) is 5.88 Å². The van der Waals surface area contributed by atoms with Gasteiger partial charge in [0.25, 0.3) is 5.91 Å². The second-order valence-corrected chi connectivity index (χ2v) is 4.71. The third kappa shape index (κ3) is 3.22. The fourth-order valence-electron chi connectivity index (χ4n) is 1.87. The van der Waals surface area contributed by atoms with Gasteiger partial charge in [0.1, 0.15) is 0 Å². The van der Waals surface area contributed by atoms with E-state index in [2.05, 4.69) is 15.3 Å². The molecular formula is C12H20N4O2. The van der Waals surface area contributed by atoms with Crippen LogP contribution in [0.5, 0.6) is 5.88 Å². The van der Waals surface area contributed by atoms with Crippen molar-refractivity contribution in [1.29, 1.82) is 0 Å². The van der Waals surface area contributed by atoms with E-state index in [4.69, 9.17) is 4.74 Å². The van der Waals surface area contributed by atoms with Gasteiger partial charge in [-0.3, -0.25) is 4.79 Å². The predicted octanol–water partition coefficient (Wildman–Crippen LogP) is 0.347. The minimum absolute atomic E-state index is 0.126. The number of ether oxygens (including phenoxy) is 1. The number of amides is 1. The van der Waals surface area contributed by atoms with Gasteiger partial charge in [0, 0.05) is 25.6 Å². The first-order valence-corrected chi connectivity index (χ1v) is 6.30. The van der Waals surface area contributed by atoms with Crippen LogP contribution in [0.15, 0.2) is 6.07 Å². The molecule has 0 saturated carbocycles. The molecular weight excluding hydrogens is 232 g/mol. The maximum atomic E-state index is 11.9. The van der Waals surface area contributed by atoms with E-state index >= 15 is 0 Å². The molecule has 0 radical (unpaired) electrons. The molecule has 2 rings (SSSR count). The summed E-state index contributed by atoms with van der Waals surface area (Å²) in [6.07, 6.45) is 1.88. The minimum atomic E-state index is -0.126. The second kappa shape index (κ2) is 5.86. The van der Waals surface area contributed by atoms with Crippen LogP contribution in [0.2, 0.25) is 0 Å². The highest BCUT2D eigenvalue weighted by atomic mass is 16.5. The molecule has 100 valence electrons. The number of carbonyl (C=O) groups is 1. The molecule has 1 amide bonds. The van der Waals surface area contributed by atoms with Gasteiger partial charge in [-0.1, -0.05) is 0 Å². The standard InChI is InChI=1S/C12H20N4O2/c1-15(2)6-3-5-13-12(17)10-9-11-16(14-10)7-4-8-18-11/h9H,3-8H2,1-2H3,(H,13,17). The van der Waals surface area contributed by atoms with E-state index < -0.39 is 0 Å². The number of fused-ring (bicyclic) bond motifs is 1. The van der Waals surface area contributed by atoms with Crippen LogP contribution in [-0.4, -0.2) is 54.4 Å². The van der Waals surface area contributed by atoms with Gasteiger partial charge < -0.3 is 15.0 Å². The van der Waals surface area contributed by atoms with E-state index in [9.17, 15) is 4.79 Å². The first-order chi connectivity index (χ1) is 8.66. The Morgan fingerprint density at radius 1 is 1.61 bits per heavy atom.